The normalized spacial score (nSPS) is 19.3. The zero-order chi connectivity index (χ0) is 11.5. The van der Waals surface area contributed by atoms with Crippen molar-refractivity contribution in [3.63, 3.8) is 0 Å². The molecule has 1 heterocycles. The lowest BCUT2D eigenvalue weighted by Gasteiger charge is -2.35. The highest BCUT2D eigenvalue weighted by atomic mass is 16.3. The number of fused-ring (bicyclic) bond motifs is 1. The quantitative estimate of drug-likeness (QED) is 0.769. The number of nitrogens with zero attached hydrogens (tertiary/aromatic N) is 1. The maximum atomic E-state index is 9.59. The van der Waals surface area contributed by atoms with Gasteiger partial charge in [0.1, 0.15) is 5.75 Å². The number of phenols is 1. The molecule has 3 heteroatoms. The van der Waals surface area contributed by atoms with Crippen molar-refractivity contribution in [2.45, 2.75) is 26.3 Å². The second-order valence-electron chi connectivity index (χ2n) is 4.22. The summed E-state index contributed by atoms with van der Waals surface area (Å²) in [6.07, 6.45) is 1.11. The molecule has 1 atom stereocenters. The maximum absolute atomic E-state index is 9.59. The molecular formula is C13H20N2O. The molecule has 0 radical (unpaired) electrons. The number of hydrogen-bond acceptors (Lipinski definition) is 3. The van der Waals surface area contributed by atoms with Crippen LogP contribution in [0, 0.1) is 0 Å². The summed E-state index contributed by atoms with van der Waals surface area (Å²) in [5, 5.41) is 13.0. The Balaban J connectivity index is 2.34. The minimum Gasteiger partial charge on any atom is -0.508 e. The molecular weight excluding hydrogens is 200 g/mol. The number of rotatable bonds is 3. The van der Waals surface area contributed by atoms with Crippen LogP contribution in [0.25, 0.3) is 0 Å². The molecule has 16 heavy (non-hydrogen) atoms. The maximum Gasteiger partial charge on any atom is 0.116 e. The van der Waals surface area contributed by atoms with E-state index in [9.17, 15) is 5.11 Å². The summed E-state index contributed by atoms with van der Waals surface area (Å²) in [5.41, 5.74) is 2.40. The zero-order valence-electron chi connectivity index (χ0n) is 10.0. The molecule has 1 aromatic rings. The third-order valence-corrected chi connectivity index (χ3v) is 3.38. The minimum atomic E-state index is 0.361. The lowest BCUT2D eigenvalue weighted by molar-refractivity contribution is 0.208. The van der Waals surface area contributed by atoms with Crippen LogP contribution < -0.4 is 5.32 Å². The van der Waals surface area contributed by atoms with E-state index < -0.39 is 0 Å². The number of hydrogen-bond donors (Lipinski definition) is 2. The SMILES string of the molecule is CCN(CC)C1CCNc2ccc(O)cc21. The highest BCUT2D eigenvalue weighted by Gasteiger charge is 2.24. The van der Waals surface area contributed by atoms with Crippen LogP contribution in [-0.2, 0) is 0 Å². The molecule has 0 saturated carbocycles. The molecule has 1 aliphatic heterocycles. The van der Waals surface area contributed by atoms with Gasteiger partial charge in [0.2, 0.25) is 0 Å². The molecule has 0 saturated heterocycles. The highest BCUT2D eigenvalue weighted by Crippen LogP contribution is 2.35. The van der Waals surface area contributed by atoms with Gasteiger partial charge in [0.05, 0.1) is 0 Å². The van der Waals surface area contributed by atoms with Gasteiger partial charge in [0.15, 0.2) is 0 Å². The Morgan fingerprint density at radius 2 is 2.12 bits per heavy atom. The molecule has 0 aromatic heterocycles. The molecule has 3 nitrogen and oxygen atoms in total. The monoisotopic (exact) mass is 220 g/mol. The van der Waals surface area contributed by atoms with E-state index in [0.717, 1.165) is 26.1 Å². The van der Waals surface area contributed by atoms with Gasteiger partial charge in [-0.2, -0.15) is 0 Å². The zero-order valence-corrected chi connectivity index (χ0v) is 10.0. The van der Waals surface area contributed by atoms with Crippen molar-refractivity contribution in [3.8, 4) is 5.75 Å². The Morgan fingerprint density at radius 3 is 2.81 bits per heavy atom. The highest BCUT2D eigenvalue weighted by molar-refractivity contribution is 5.57. The first-order valence-electron chi connectivity index (χ1n) is 6.07. The van der Waals surface area contributed by atoms with E-state index >= 15 is 0 Å². The summed E-state index contributed by atoms with van der Waals surface area (Å²) < 4.78 is 0. The Hall–Kier alpha value is -1.22. The lowest BCUT2D eigenvalue weighted by atomic mass is 9.96. The predicted octanol–water partition coefficient (Wildman–Crippen LogP) is 2.59. The Morgan fingerprint density at radius 1 is 1.38 bits per heavy atom. The molecule has 0 spiro atoms. The van der Waals surface area contributed by atoms with Gasteiger partial charge in [-0.1, -0.05) is 13.8 Å². The van der Waals surface area contributed by atoms with E-state index in [1.165, 1.54) is 11.3 Å². The summed E-state index contributed by atoms with van der Waals surface area (Å²) in [6, 6.07) is 6.06. The Labute approximate surface area is 97.1 Å². The van der Waals surface area contributed by atoms with Crippen LogP contribution in [0.5, 0.6) is 5.75 Å². The summed E-state index contributed by atoms with van der Waals surface area (Å²) in [4.78, 5) is 2.44. The summed E-state index contributed by atoms with van der Waals surface area (Å²) >= 11 is 0. The molecule has 88 valence electrons. The predicted molar refractivity (Wildman–Crippen MR) is 66.9 cm³/mol. The van der Waals surface area contributed by atoms with Gasteiger partial charge < -0.3 is 10.4 Å². The second-order valence-corrected chi connectivity index (χ2v) is 4.22. The fourth-order valence-corrected chi connectivity index (χ4v) is 2.53. The van der Waals surface area contributed by atoms with Gasteiger partial charge in [-0.15, -0.1) is 0 Å². The van der Waals surface area contributed by atoms with E-state index in [4.69, 9.17) is 0 Å². The molecule has 0 bridgehead atoms. The first-order chi connectivity index (χ1) is 7.76. The van der Waals surface area contributed by atoms with Crippen LogP contribution in [0.2, 0.25) is 0 Å². The Kier molecular flexibility index (Phi) is 3.34. The summed E-state index contributed by atoms with van der Waals surface area (Å²) in [6.45, 7) is 7.49. The van der Waals surface area contributed by atoms with Crippen molar-refractivity contribution in [1.82, 2.24) is 4.90 Å². The van der Waals surface area contributed by atoms with Gasteiger partial charge in [-0.05, 0) is 43.3 Å². The van der Waals surface area contributed by atoms with Crippen LogP contribution in [0.1, 0.15) is 31.9 Å². The fraction of sp³-hybridized carbons (Fsp3) is 0.538. The van der Waals surface area contributed by atoms with Gasteiger partial charge in [0, 0.05) is 18.3 Å². The van der Waals surface area contributed by atoms with E-state index in [1.54, 1.807) is 6.07 Å². The third kappa shape index (κ3) is 2.00. The van der Waals surface area contributed by atoms with Crippen molar-refractivity contribution in [2.24, 2.45) is 0 Å². The lowest BCUT2D eigenvalue weighted by Crippen LogP contribution is -2.32. The molecule has 0 amide bonds. The largest absolute Gasteiger partial charge is 0.508 e. The van der Waals surface area contributed by atoms with Crippen molar-refractivity contribution >= 4 is 5.69 Å². The average molecular weight is 220 g/mol. The van der Waals surface area contributed by atoms with Crippen LogP contribution in [-0.4, -0.2) is 29.6 Å². The van der Waals surface area contributed by atoms with Crippen LogP contribution in [0.15, 0.2) is 18.2 Å². The van der Waals surface area contributed by atoms with E-state index in [-0.39, 0.29) is 0 Å². The summed E-state index contributed by atoms with van der Waals surface area (Å²) in [5.74, 6) is 0.361. The fourth-order valence-electron chi connectivity index (χ4n) is 2.53. The van der Waals surface area contributed by atoms with E-state index in [2.05, 4.69) is 24.1 Å². The standard InChI is InChI=1S/C13H20N2O/c1-3-15(4-2)13-7-8-14-12-6-5-10(16)9-11(12)13/h5-6,9,13-14,16H,3-4,7-8H2,1-2H3. The minimum absolute atomic E-state index is 0.361. The first kappa shape index (κ1) is 11.3. The Bertz CT molecular complexity index is 361. The van der Waals surface area contributed by atoms with Crippen molar-refractivity contribution < 1.29 is 5.11 Å². The van der Waals surface area contributed by atoms with Crippen molar-refractivity contribution in [3.05, 3.63) is 23.8 Å². The first-order valence-corrected chi connectivity index (χ1v) is 6.07. The molecule has 0 fully saturated rings. The van der Waals surface area contributed by atoms with Crippen LogP contribution in [0.3, 0.4) is 0 Å². The molecule has 2 rings (SSSR count). The van der Waals surface area contributed by atoms with Gasteiger partial charge in [-0.3, -0.25) is 4.90 Å². The topological polar surface area (TPSA) is 35.5 Å². The molecule has 1 aliphatic rings. The van der Waals surface area contributed by atoms with Gasteiger partial charge in [0.25, 0.3) is 0 Å². The number of aromatic hydroxyl groups is 1. The average Bonchev–Trinajstić information content (AvgIpc) is 2.31. The van der Waals surface area contributed by atoms with Gasteiger partial charge >= 0.3 is 0 Å². The molecule has 0 aliphatic carbocycles. The summed E-state index contributed by atoms with van der Waals surface area (Å²) in [7, 11) is 0. The number of anilines is 1. The number of benzene rings is 1. The second kappa shape index (κ2) is 4.74. The number of phenolic OH excluding ortho intramolecular Hbond substituents is 1. The van der Waals surface area contributed by atoms with E-state index in [0.29, 0.717) is 11.8 Å². The van der Waals surface area contributed by atoms with Crippen molar-refractivity contribution in [2.75, 3.05) is 25.0 Å². The van der Waals surface area contributed by atoms with Crippen LogP contribution in [0.4, 0.5) is 5.69 Å². The third-order valence-electron chi connectivity index (χ3n) is 3.38. The number of nitrogens with one attached hydrogen (secondary N) is 1. The van der Waals surface area contributed by atoms with Crippen LogP contribution >= 0.6 is 0 Å². The molecule has 1 unspecified atom stereocenters. The van der Waals surface area contributed by atoms with E-state index in [1.807, 2.05) is 12.1 Å². The van der Waals surface area contributed by atoms with Crippen molar-refractivity contribution in [1.29, 1.82) is 0 Å². The molecule has 2 N–H and O–H groups in total. The molecule has 1 aromatic carbocycles. The smallest absolute Gasteiger partial charge is 0.116 e. The van der Waals surface area contributed by atoms with Gasteiger partial charge in [-0.25, -0.2) is 0 Å².